The molecule has 0 aliphatic rings. The first-order valence-electron chi connectivity index (χ1n) is 7.37. The predicted molar refractivity (Wildman–Crippen MR) is 93.1 cm³/mol. The first-order valence-corrected chi connectivity index (χ1v) is 7.74. The van der Waals surface area contributed by atoms with E-state index in [2.05, 4.69) is 0 Å². The van der Waals surface area contributed by atoms with Crippen molar-refractivity contribution in [2.24, 2.45) is 5.41 Å². The maximum Gasteiger partial charge on any atom is 0.280 e. The Morgan fingerprint density at radius 2 is 1.83 bits per heavy atom. The lowest BCUT2D eigenvalue weighted by Crippen LogP contribution is -2.21. The molecule has 0 spiro atoms. The fourth-order valence-electron chi connectivity index (χ4n) is 2.14. The topological polar surface area (TPSA) is 69.4 Å². The number of carbonyl (C=O) groups is 1. The van der Waals surface area contributed by atoms with Gasteiger partial charge in [-0.1, -0.05) is 38.4 Å². The van der Waals surface area contributed by atoms with Crippen LogP contribution >= 0.6 is 11.6 Å². The number of ether oxygens (including phenoxy) is 1. The van der Waals surface area contributed by atoms with Crippen molar-refractivity contribution in [3.05, 3.63) is 62.7 Å². The van der Waals surface area contributed by atoms with Gasteiger partial charge in [-0.2, -0.15) is 0 Å². The monoisotopic (exact) mass is 347 g/mol. The van der Waals surface area contributed by atoms with E-state index in [0.29, 0.717) is 16.5 Å². The van der Waals surface area contributed by atoms with Crippen molar-refractivity contribution in [3.63, 3.8) is 0 Å². The highest BCUT2D eigenvalue weighted by Crippen LogP contribution is 2.34. The number of hydrogen-bond donors (Lipinski definition) is 0. The van der Waals surface area contributed by atoms with Crippen LogP contribution in [0.1, 0.15) is 36.7 Å². The highest BCUT2D eigenvalue weighted by atomic mass is 35.5. The molecule has 0 radical (unpaired) electrons. The molecule has 2 aromatic rings. The van der Waals surface area contributed by atoms with Gasteiger partial charge in [-0.3, -0.25) is 14.9 Å². The minimum atomic E-state index is -0.745. The Hall–Kier alpha value is -2.40. The van der Waals surface area contributed by atoms with Crippen molar-refractivity contribution in [2.45, 2.75) is 27.7 Å². The second-order valence-electron chi connectivity index (χ2n) is 6.55. The van der Waals surface area contributed by atoms with E-state index in [0.717, 1.165) is 5.56 Å². The summed E-state index contributed by atoms with van der Waals surface area (Å²) in [6.45, 7) is 7.04. The summed E-state index contributed by atoms with van der Waals surface area (Å²) in [5, 5.41) is 11.6. The SMILES string of the molecule is Cc1ccc(Oc2ccc([N+](=O)[O-])c(C(=O)C(C)(C)C)c2)c(Cl)c1. The molecule has 0 fully saturated rings. The van der Waals surface area contributed by atoms with Crippen molar-refractivity contribution >= 4 is 23.1 Å². The maximum atomic E-state index is 12.5. The molecule has 0 amide bonds. The second kappa shape index (κ2) is 6.61. The molecule has 5 nitrogen and oxygen atoms in total. The molecule has 0 aromatic heterocycles. The van der Waals surface area contributed by atoms with E-state index in [1.54, 1.807) is 32.9 Å². The van der Waals surface area contributed by atoms with Gasteiger partial charge in [0.2, 0.25) is 0 Å². The predicted octanol–water partition coefficient (Wildman–Crippen LogP) is 5.58. The molecule has 0 aliphatic carbocycles. The number of aryl methyl sites for hydroxylation is 1. The lowest BCUT2D eigenvalue weighted by Gasteiger charge is -2.17. The standard InChI is InChI=1S/C18H18ClNO4/c1-11-5-8-16(14(19)9-11)24-12-6-7-15(20(22)23)13(10-12)17(21)18(2,3)4/h5-10H,1-4H3. The van der Waals surface area contributed by atoms with Crippen LogP contribution in [0.3, 0.4) is 0 Å². The number of rotatable bonds is 4. The van der Waals surface area contributed by atoms with E-state index < -0.39 is 10.3 Å². The first-order chi connectivity index (χ1) is 11.1. The van der Waals surface area contributed by atoms with Crippen molar-refractivity contribution in [3.8, 4) is 11.5 Å². The van der Waals surface area contributed by atoms with Crippen LogP contribution in [-0.4, -0.2) is 10.7 Å². The molecule has 0 unspecified atom stereocenters. The molecule has 2 aromatic carbocycles. The lowest BCUT2D eigenvalue weighted by atomic mass is 9.86. The Labute approximate surface area is 145 Å². The van der Waals surface area contributed by atoms with Gasteiger partial charge < -0.3 is 4.74 Å². The Bertz CT molecular complexity index is 809. The third-order valence-corrected chi connectivity index (χ3v) is 3.70. The van der Waals surface area contributed by atoms with Gasteiger partial charge >= 0.3 is 0 Å². The van der Waals surface area contributed by atoms with Gasteiger partial charge in [0.05, 0.1) is 15.5 Å². The summed E-state index contributed by atoms with van der Waals surface area (Å²) < 4.78 is 5.70. The third kappa shape index (κ3) is 3.92. The molecule has 0 saturated carbocycles. The molecular weight excluding hydrogens is 330 g/mol. The summed E-state index contributed by atoms with van der Waals surface area (Å²) in [7, 11) is 0. The van der Waals surface area contributed by atoms with E-state index in [1.165, 1.54) is 18.2 Å². The van der Waals surface area contributed by atoms with Gasteiger partial charge in [-0.25, -0.2) is 0 Å². The van der Waals surface area contributed by atoms with Crippen LogP contribution in [0.15, 0.2) is 36.4 Å². The van der Waals surface area contributed by atoms with E-state index >= 15 is 0 Å². The van der Waals surface area contributed by atoms with E-state index in [1.807, 2.05) is 13.0 Å². The van der Waals surface area contributed by atoms with Gasteiger partial charge in [0.15, 0.2) is 5.78 Å². The normalized spacial score (nSPS) is 11.2. The van der Waals surface area contributed by atoms with Crippen LogP contribution in [0.25, 0.3) is 0 Å². The molecule has 0 N–H and O–H groups in total. The van der Waals surface area contributed by atoms with Crippen molar-refractivity contribution in [2.75, 3.05) is 0 Å². The van der Waals surface area contributed by atoms with Crippen LogP contribution < -0.4 is 4.74 Å². The van der Waals surface area contributed by atoms with Crippen molar-refractivity contribution in [1.82, 2.24) is 0 Å². The van der Waals surface area contributed by atoms with E-state index in [4.69, 9.17) is 16.3 Å². The number of nitrogens with zero attached hydrogens (tertiary/aromatic N) is 1. The number of nitro groups is 1. The molecule has 24 heavy (non-hydrogen) atoms. The Balaban J connectivity index is 2.46. The van der Waals surface area contributed by atoms with E-state index in [9.17, 15) is 14.9 Å². The number of benzene rings is 2. The van der Waals surface area contributed by atoms with Crippen LogP contribution in [0.5, 0.6) is 11.5 Å². The molecule has 0 bridgehead atoms. The van der Waals surface area contributed by atoms with Gasteiger partial charge in [0.1, 0.15) is 11.5 Å². The second-order valence-corrected chi connectivity index (χ2v) is 6.96. The lowest BCUT2D eigenvalue weighted by molar-refractivity contribution is -0.385. The molecule has 0 atom stereocenters. The molecular formula is C18H18ClNO4. The van der Waals surface area contributed by atoms with Gasteiger partial charge in [0, 0.05) is 11.5 Å². The third-order valence-electron chi connectivity index (χ3n) is 3.41. The van der Waals surface area contributed by atoms with Crippen molar-refractivity contribution in [1.29, 1.82) is 0 Å². The molecule has 126 valence electrons. The Kier molecular flexibility index (Phi) is 4.94. The fraction of sp³-hybridized carbons (Fsp3) is 0.278. The average molecular weight is 348 g/mol. The Morgan fingerprint density at radius 1 is 1.17 bits per heavy atom. The number of nitro benzene ring substituents is 1. The quantitative estimate of drug-likeness (QED) is 0.411. The largest absolute Gasteiger partial charge is 0.456 e. The first kappa shape index (κ1) is 17.9. The van der Waals surface area contributed by atoms with Crippen LogP contribution in [0.2, 0.25) is 5.02 Å². The summed E-state index contributed by atoms with van der Waals surface area (Å²) in [6.07, 6.45) is 0. The highest BCUT2D eigenvalue weighted by Gasteiger charge is 2.30. The summed E-state index contributed by atoms with van der Waals surface area (Å²) >= 11 is 6.14. The zero-order valence-electron chi connectivity index (χ0n) is 13.9. The average Bonchev–Trinajstić information content (AvgIpc) is 2.48. The minimum absolute atomic E-state index is 0.0215. The van der Waals surface area contributed by atoms with Crippen molar-refractivity contribution < 1.29 is 14.5 Å². The van der Waals surface area contributed by atoms with Crippen LogP contribution in [0.4, 0.5) is 5.69 Å². The van der Waals surface area contributed by atoms with Crippen LogP contribution in [-0.2, 0) is 0 Å². The molecule has 0 heterocycles. The zero-order valence-corrected chi connectivity index (χ0v) is 14.7. The smallest absolute Gasteiger partial charge is 0.280 e. The summed E-state index contributed by atoms with van der Waals surface area (Å²) in [4.78, 5) is 23.2. The molecule has 0 aliphatic heterocycles. The summed E-state index contributed by atoms with van der Waals surface area (Å²) in [5.74, 6) is 0.416. The number of hydrogen-bond acceptors (Lipinski definition) is 4. The zero-order chi connectivity index (χ0) is 18.1. The summed E-state index contributed by atoms with van der Waals surface area (Å²) in [6, 6.07) is 9.42. The Morgan fingerprint density at radius 3 is 2.38 bits per heavy atom. The molecule has 6 heteroatoms. The fourth-order valence-corrected chi connectivity index (χ4v) is 2.41. The van der Waals surface area contributed by atoms with E-state index in [-0.39, 0.29) is 17.0 Å². The van der Waals surface area contributed by atoms with Gasteiger partial charge in [-0.05, 0) is 36.8 Å². The number of carbonyl (C=O) groups excluding carboxylic acids is 1. The molecule has 2 rings (SSSR count). The summed E-state index contributed by atoms with van der Waals surface area (Å²) in [5.41, 5.74) is 0.0235. The number of Topliss-reactive ketones (excluding diaryl/α,β-unsaturated/α-hetero) is 1. The molecule has 0 saturated heterocycles. The highest BCUT2D eigenvalue weighted by molar-refractivity contribution is 6.32. The number of ketones is 1. The minimum Gasteiger partial charge on any atom is -0.456 e. The number of halogens is 1. The van der Waals surface area contributed by atoms with Crippen LogP contribution in [0, 0.1) is 22.5 Å². The maximum absolute atomic E-state index is 12.5. The van der Waals surface area contributed by atoms with Gasteiger partial charge in [-0.15, -0.1) is 0 Å². The van der Waals surface area contributed by atoms with Gasteiger partial charge in [0.25, 0.3) is 5.69 Å².